The second kappa shape index (κ2) is 36.9. The molecule has 0 rings (SSSR count). The molecule has 0 saturated heterocycles. The summed E-state index contributed by atoms with van der Waals surface area (Å²) in [6, 6.07) is 0. The van der Waals surface area contributed by atoms with Crippen LogP contribution in [0, 0.1) is 0 Å². The van der Waals surface area contributed by atoms with Gasteiger partial charge in [0, 0.05) is 12.8 Å². The van der Waals surface area contributed by atoms with E-state index in [2.05, 4.69) is 47.2 Å². The van der Waals surface area contributed by atoms with Gasteiger partial charge in [0.15, 0.2) is 6.10 Å². The summed E-state index contributed by atoms with van der Waals surface area (Å²) in [6.07, 6.45) is 33.1. The number of ether oxygens (including phenoxy) is 2. The minimum atomic E-state index is -4.86. The van der Waals surface area contributed by atoms with Crippen molar-refractivity contribution in [1.29, 1.82) is 0 Å². The summed E-state index contributed by atoms with van der Waals surface area (Å²) < 4.78 is 47.7. The van der Waals surface area contributed by atoms with Gasteiger partial charge in [-0.3, -0.25) is 23.2 Å². The molecular formula is C40H76O13P2. The Morgan fingerprint density at radius 2 is 0.945 bits per heavy atom. The molecule has 0 bridgehead atoms. The van der Waals surface area contributed by atoms with Crippen LogP contribution in [0.15, 0.2) is 24.3 Å². The molecule has 0 spiro atoms. The Balaban J connectivity index is 4.55. The lowest BCUT2D eigenvalue weighted by Crippen LogP contribution is -2.30. The zero-order valence-electron chi connectivity index (χ0n) is 34.0. The van der Waals surface area contributed by atoms with Crippen LogP contribution in [-0.4, -0.2) is 70.4 Å². The summed E-state index contributed by atoms with van der Waals surface area (Å²) in [5.74, 6) is -1.04. The van der Waals surface area contributed by atoms with Crippen molar-refractivity contribution in [2.45, 2.75) is 193 Å². The Bertz CT molecular complexity index is 1080. The maximum Gasteiger partial charge on any atom is 0.472 e. The normalized spacial score (nSPS) is 14.4. The number of hydrogen-bond acceptors (Lipinski definition) is 10. The fourth-order valence-electron chi connectivity index (χ4n) is 5.61. The Morgan fingerprint density at radius 3 is 1.47 bits per heavy atom. The van der Waals surface area contributed by atoms with Crippen molar-refractivity contribution < 1.29 is 61.6 Å². The van der Waals surface area contributed by atoms with E-state index in [1.165, 1.54) is 77.0 Å². The Morgan fingerprint density at radius 1 is 0.527 bits per heavy atom. The quantitative estimate of drug-likeness (QED) is 0.0197. The third kappa shape index (κ3) is 40.6. The zero-order valence-corrected chi connectivity index (χ0v) is 35.8. The van der Waals surface area contributed by atoms with Gasteiger partial charge in [0.1, 0.15) is 12.7 Å². The van der Waals surface area contributed by atoms with Crippen LogP contribution < -0.4 is 0 Å². The molecule has 4 N–H and O–H groups in total. The van der Waals surface area contributed by atoms with E-state index in [1.54, 1.807) is 0 Å². The Hall–Kier alpha value is -1.40. The molecule has 0 aromatic heterocycles. The highest BCUT2D eigenvalue weighted by Gasteiger charge is 2.28. The zero-order chi connectivity index (χ0) is 40.9. The molecule has 13 nitrogen and oxygen atoms in total. The van der Waals surface area contributed by atoms with Crippen LogP contribution in [0.25, 0.3) is 0 Å². The van der Waals surface area contributed by atoms with Gasteiger partial charge in [-0.1, -0.05) is 147 Å². The summed E-state index contributed by atoms with van der Waals surface area (Å²) >= 11 is 0. The number of allylic oxidation sites excluding steroid dienone is 4. The van der Waals surface area contributed by atoms with Crippen LogP contribution in [0.4, 0.5) is 0 Å². The third-order valence-electron chi connectivity index (χ3n) is 8.83. The van der Waals surface area contributed by atoms with Crippen LogP contribution >= 0.6 is 15.6 Å². The number of aliphatic hydroxyl groups excluding tert-OH is 1. The van der Waals surface area contributed by atoms with E-state index in [-0.39, 0.29) is 19.4 Å². The molecule has 0 saturated carbocycles. The molecule has 0 heterocycles. The smallest absolute Gasteiger partial charge is 0.462 e. The average Bonchev–Trinajstić information content (AvgIpc) is 3.14. The topological polar surface area (TPSA) is 195 Å². The van der Waals surface area contributed by atoms with Gasteiger partial charge in [-0.15, -0.1) is 0 Å². The van der Waals surface area contributed by atoms with Crippen LogP contribution in [0.5, 0.6) is 0 Å². The minimum absolute atomic E-state index is 0.118. The highest BCUT2D eigenvalue weighted by molar-refractivity contribution is 7.47. The second-order valence-electron chi connectivity index (χ2n) is 14.3. The second-order valence-corrected chi connectivity index (χ2v) is 17.0. The number of unbranched alkanes of at least 4 members (excludes halogenated alkanes) is 20. The van der Waals surface area contributed by atoms with E-state index in [9.17, 15) is 28.7 Å². The lowest BCUT2D eigenvalue weighted by molar-refractivity contribution is -0.161. The van der Waals surface area contributed by atoms with Gasteiger partial charge >= 0.3 is 27.6 Å². The summed E-state index contributed by atoms with van der Waals surface area (Å²) in [5, 5.41) is 9.73. The van der Waals surface area contributed by atoms with E-state index in [4.69, 9.17) is 23.8 Å². The molecule has 0 fully saturated rings. The SMILES string of the molecule is CCCCCC=CCC=CCCCCCCCC(=O)OC(COC(=O)CCCCCCCCCCCCCCC)COP(=O)(O)OCC(O)COP(=O)(O)O. The van der Waals surface area contributed by atoms with Crippen molar-refractivity contribution in [3.05, 3.63) is 24.3 Å². The summed E-state index contributed by atoms with van der Waals surface area (Å²) in [4.78, 5) is 52.6. The molecule has 3 unspecified atom stereocenters. The van der Waals surface area contributed by atoms with Crippen molar-refractivity contribution in [3.8, 4) is 0 Å². The highest BCUT2D eigenvalue weighted by atomic mass is 31.2. The average molecular weight is 827 g/mol. The van der Waals surface area contributed by atoms with Gasteiger partial charge in [0.25, 0.3) is 0 Å². The number of hydrogen-bond donors (Lipinski definition) is 4. The van der Waals surface area contributed by atoms with E-state index in [0.717, 1.165) is 64.2 Å². The number of aliphatic hydroxyl groups is 1. The van der Waals surface area contributed by atoms with Crippen molar-refractivity contribution in [2.24, 2.45) is 0 Å². The van der Waals surface area contributed by atoms with Gasteiger partial charge in [-0.05, 0) is 44.9 Å². The molecule has 15 heteroatoms. The first-order valence-electron chi connectivity index (χ1n) is 21.0. The number of carbonyl (C=O) groups is 2. The van der Waals surface area contributed by atoms with Gasteiger partial charge in [0.05, 0.1) is 19.8 Å². The minimum Gasteiger partial charge on any atom is -0.462 e. The largest absolute Gasteiger partial charge is 0.472 e. The Labute approximate surface area is 332 Å². The number of rotatable bonds is 40. The monoisotopic (exact) mass is 826 g/mol. The van der Waals surface area contributed by atoms with E-state index in [1.807, 2.05) is 0 Å². The number of carbonyl (C=O) groups excluding carboxylic acids is 2. The lowest BCUT2D eigenvalue weighted by atomic mass is 10.0. The molecule has 0 aromatic carbocycles. The molecule has 0 aromatic rings. The fourth-order valence-corrected chi connectivity index (χ4v) is 6.77. The summed E-state index contributed by atoms with van der Waals surface area (Å²) in [5.41, 5.74) is 0. The molecule has 55 heavy (non-hydrogen) atoms. The molecule has 324 valence electrons. The van der Waals surface area contributed by atoms with E-state index in [0.29, 0.717) is 12.8 Å². The number of phosphoric ester groups is 2. The highest BCUT2D eigenvalue weighted by Crippen LogP contribution is 2.43. The standard InChI is InChI=1S/C40H76O13P2/c1-3-5-7-9-11-13-15-17-18-20-22-24-26-28-30-32-40(43)53-38(36-52-55(47,48)51-34-37(41)33-50-54(44,45)46)35-49-39(42)31-29-27-25-23-21-19-16-14-12-10-8-6-4-2/h11,13,17-18,37-38,41H,3-10,12,14-16,19-36H2,1-2H3,(H,47,48)(H2,44,45,46). The predicted molar refractivity (Wildman–Crippen MR) is 216 cm³/mol. The maximum absolute atomic E-state index is 12.6. The number of phosphoric acid groups is 2. The third-order valence-corrected chi connectivity index (χ3v) is 10.3. The molecule has 0 aliphatic rings. The van der Waals surface area contributed by atoms with Crippen LogP contribution in [-0.2, 0) is 41.8 Å². The van der Waals surface area contributed by atoms with Gasteiger partial charge in [0.2, 0.25) is 0 Å². The molecule has 3 atom stereocenters. The molecule has 0 aliphatic heterocycles. The molecular weight excluding hydrogens is 750 g/mol. The first-order valence-corrected chi connectivity index (χ1v) is 24.1. The summed E-state index contributed by atoms with van der Waals surface area (Å²) in [6.45, 7) is 1.72. The lowest BCUT2D eigenvalue weighted by Gasteiger charge is -2.20. The van der Waals surface area contributed by atoms with Crippen molar-refractivity contribution in [2.75, 3.05) is 26.4 Å². The van der Waals surface area contributed by atoms with Gasteiger partial charge < -0.3 is 29.3 Å². The van der Waals surface area contributed by atoms with Gasteiger partial charge in [-0.25, -0.2) is 9.13 Å². The summed E-state index contributed by atoms with van der Waals surface area (Å²) in [7, 11) is -9.66. The van der Waals surface area contributed by atoms with Crippen LogP contribution in [0.2, 0.25) is 0 Å². The van der Waals surface area contributed by atoms with Crippen molar-refractivity contribution in [3.63, 3.8) is 0 Å². The maximum atomic E-state index is 12.6. The molecule has 0 aliphatic carbocycles. The van der Waals surface area contributed by atoms with E-state index >= 15 is 0 Å². The van der Waals surface area contributed by atoms with Gasteiger partial charge in [-0.2, -0.15) is 0 Å². The number of esters is 2. The molecule has 0 amide bonds. The van der Waals surface area contributed by atoms with Crippen molar-refractivity contribution >= 4 is 27.6 Å². The first kappa shape index (κ1) is 53.6. The van der Waals surface area contributed by atoms with Crippen LogP contribution in [0.1, 0.15) is 181 Å². The fraction of sp³-hybridized carbons (Fsp3) is 0.850. The van der Waals surface area contributed by atoms with Crippen molar-refractivity contribution in [1.82, 2.24) is 0 Å². The Kier molecular flexibility index (Phi) is 36.0. The van der Waals surface area contributed by atoms with Crippen LogP contribution in [0.3, 0.4) is 0 Å². The predicted octanol–water partition coefficient (Wildman–Crippen LogP) is 10.3. The van der Waals surface area contributed by atoms with E-state index < -0.39 is 59.6 Å². The molecule has 0 radical (unpaired) electrons. The first-order chi connectivity index (χ1) is 26.4.